The Hall–Kier alpha value is -2.95. The van der Waals surface area contributed by atoms with E-state index in [1.165, 1.54) is 45.8 Å². The van der Waals surface area contributed by atoms with Crippen LogP contribution in [0.15, 0.2) is 49.9 Å². The number of nitrogens with zero attached hydrogens (tertiary/aromatic N) is 2. The third kappa shape index (κ3) is 7.10. The van der Waals surface area contributed by atoms with Crippen molar-refractivity contribution in [3.05, 3.63) is 67.4 Å². The Morgan fingerprint density at radius 2 is 1.85 bits per heavy atom. The van der Waals surface area contributed by atoms with Crippen LogP contribution in [-0.2, 0) is 24.3 Å². The number of ketones is 1. The third-order valence-electron chi connectivity index (χ3n) is 6.54. The summed E-state index contributed by atoms with van der Waals surface area (Å²) in [5.74, 6) is -1.93. The molecule has 0 spiro atoms. The number of ether oxygens (including phenoxy) is 2. The molecule has 1 fully saturated rings. The minimum absolute atomic E-state index is 0.00792. The number of H-pyrrole nitrogens is 1. The number of hydrogen-bond acceptors (Lipinski definition) is 10. The maximum atomic E-state index is 13.0. The van der Waals surface area contributed by atoms with E-state index in [9.17, 15) is 37.8 Å². The molecule has 224 valence electrons. The number of aliphatic hydroxyl groups excluding tert-OH is 1. The summed E-state index contributed by atoms with van der Waals surface area (Å²) in [5, 5.41) is 20.9. The Morgan fingerprint density at radius 3 is 2.41 bits per heavy atom. The van der Waals surface area contributed by atoms with E-state index in [2.05, 4.69) is 20.9 Å². The average molecular weight is 659 g/mol. The van der Waals surface area contributed by atoms with E-state index < -0.39 is 70.6 Å². The average Bonchev–Trinajstić information content (AvgIpc) is 3.30. The molecule has 13 nitrogen and oxygen atoms in total. The second-order valence-corrected chi connectivity index (χ2v) is 11.8. The van der Waals surface area contributed by atoms with Gasteiger partial charge >= 0.3 is 11.7 Å². The highest BCUT2D eigenvalue weighted by Crippen LogP contribution is 2.37. The van der Waals surface area contributed by atoms with Crippen molar-refractivity contribution >= 4 is 43.8 Å². The predicted molar refractivity (Wildman–Crippen MR) is 151 cm³/mol. The lowest BCUT2D eigenvalue weighted by Crippen LogP contribution is -2.49. The number of aromatic amines is 1. The molecule has 41 heavy (non-hydrogen) atoms. The maximum Gasteiger partial charge on any atom is 0.338 e. The molecule has 15 heteroatoms. The lowest BCUT2D eigenvalue weighted by atomic mass is 9.90. The van der Waals surface area contributed by atoms with Crippen LogP contribution in [0, 0.1) is 0 Å². The molecule has 0 unspecified atom stereocenters. The first-order chi connectivity index (χ1) is 19.4. The first kappa shape index (κ1) is 32.6. The van der Waals surface area contributed by atoms with Crippen molar-refractivity contribution in [2.24, 2.45) is 0 Å². The molecule has 0 aliphatic carbocycles. The molecule has 1 aliphatic heterocycles. The molecule has 1 aliphatic rings. The predicted octanol–water partition coefficient (Wildman–Crippen LogP) is 1.15. The number of aliphatic hydroxyl groups is 2. The lowest BCUT2D eigenvalue weighted by molar-refractivity contribution is -0.149. The fourth-order valence-electron chi connectivity index (χ4n) is 4.40. The Balaban J connectivity index is 1.72. The number of halogens is 1. The first-order valence-electron chi connectivity index (χ1n) is 12.8. The normalized spacial score (nSPS) is 21.0. The van der Waals surface area contributed by atoms with Gasteiger partial charge in [-0.2, -0.15) is 4.31 Å². The molecule has 0 bridgehead atoms. The van der Waals surface area contributed by atoms with Crippen molar-refractivity contribution in [3.8, 4) is 0 Å². The van der Waals surface area contributed by atoms with Crippen molar-refractivity contribution in [1.29, 1.82) is 0 Å². The van der Waals surface area contributed by atoms with Crippen LogP contribution in [0.1, 0.15) is 55.3 Å². The molecule has 0 amide bonds. The summed E-state index contributed by atoms with van der Waals surface area (Å²) in [6.07, 6.45) is 0.690. The van der Waals surface area contributed by atoms with Crippen molar-refractivity contribution in [2.45, 2.75) is 55.9 Å². The smallest absolute Gasteiger partial charge is 0.338 e. The van der Waals surface area contributed by atoms with Crippen molar-refractivity contribution in [2.75, 3.05) is 26.3 Å². The van der Waals surface area contributed by atoms with Gasteiger partial charge in [-0.05, 0) is 48.2 Å². The number of carbonyl (C=O) groups is 2. The van der Waals surface area contributed by atoms with Gasteiger partial charge in [0, 0.05) is 25.7 Å². The Kier molecular flexibility index (Phi) is 11.0. The van der Waals surface area contributed by atoms with E-state index in [4.69, 9.17) is 9.47 Å². The summed E-state index contributed by atoms with van der Waals surface area (Å²) >= 11 is 3.04. The molecule has 3 N–H and O–H groups in total. The van der Waals surface area contributed by atoms with E-state index in [0.717, 1.165) is 4.57 Å². The zero-order valence-corrected chi connectivity index (χ0v) is 24.9. The summed E-state index contributed by atoms with van der Waals surface area (Å²) < 4.78 is 38.8. The van der Waals surface area contributed by atoms with Crippen LogP contribution in [0.2, 0.25) is 0 Å². The zero-order valence-electron chi connectivity index (χ0n) is 22.5. The second-order valence-electron chi connectivity index (χ2n) is 9.36. The van der Waals surface area contributed by atoms with Gasteiger partial charge in [0.05, 0.1) is 22.6 Å². The summed E-state index contributed by atoms with van der Waals surface area (Å²) in [6, 6.07) is 5.07. The highest BCUT2D eigenvalue weighted by molar-refractivity contribution is 9.11. The fourth-order valence-corrected chi connectivity index (χ4v) is 6.31. The SMILES string of the molecule is CCCN(CCC)S(=O)(=O)c1ccc(C(=O)OCC(=O)[C@]2(O)C[C@H](n3cc(/C=C/Br)c(=O)[nH]c3=O)O[C@@H]2CO)cc1. The van der Waals surface area contributed by atoms with Crippen LogP contribution in [-0.4, -0.2) is 82.2 Å². The van der Waals surface area contributed by atoms with Crippen LogP contribution in [0.5, 0.6) is 0 Å². The van der Waals surface area contributed by atoms with Gasteiger partial charge in [0.2, 0.25) is 15.8 Å². The quantitative estimate of drug-likeness (QED) is 0.264. The molecule has 1 saturated heterocycles. The van der Waals surface area contributed by atoms with Crippen LogP contribution in [0.4, 0.5) is 0 Å². The van der Waals surface area contributed by atoms with Gasteiger partial charge in [0.15, 0.2) is 12.2 Å². The topological polar surface area (TPSA) is 185 Å². The van der Waals surface area contributed by atoms with Gasteiger partial charge in [-0.3, -0.25) is 19.1 Å². The largest absolute Gasteiger partial charge is 0.454 e. The number of nitrogens with one attached hydrogen (secondary N) is 1. The molecule has 2 aromatic rings. The second kappa shape index (κ2) is 13.8. The van der Waals surface area contributed by atoms with E-state index in [1.807, 2.05) is 13.8 Å². The minimum atomic E-state index is -3.75. The number of sulfonamides is 1. The Bertz CT molecular complexity index is 1500. The van der Waals surface area contributed by atoms with Crippen LogP contribution < -0.4 is 11.2 Å². The van der Waals surface area contributed by atoms with Gasteiger partial charge in [-0.25, -0.2) is 18.0 Å². The zero-order chi connectivity index (χ0) is 30.4. The first-order valence-corrected chi connectivity index (χ1v) is 15.2. The molecule has 1 aromatic carbocycles. The summed E-state index contributed by atoms with van der Waals surface area (Å²) in [4.78, 5) is 53.4. The van der Waals surface area contributed by atoms with Crippen LogP contribution in [0.3, 0.4) is 0 Å². The molecule has 0 saturated carbocycles. The molecular formula is C26H32BrN3O10S. The number of Topliss-reactive ketones (excluding diaryl/α,β-unsaturated/α-hetero) is 1. The highest BCUT2D eigenvalue weighted by atomic mass is 79.9. The molecule has 1 aromatic heterocycles. The minimum Gasteiger partial charge on any atom is -0.454 e. The third-order valence-corrected chi connectivity index (χ3v) is 8.72. The Morgan fingerprint density at radius 1 is 1.22 bits per heavy atom. The lowest BCUT2D eigenvalue weighted by Gasteiger charge is -2.24. The molecule has 3 atom stereocenters. The van der Waals surface area contributed by atoms with Gasteiger partial charge in [-0.15, -0.1) is 0 Å². The highest BCUT2D eigenvalue weighted by Gasteiger charge is 2.53. The molecule has 3 rings (SSSR count). The number of rotatable bonds is 13. The number of esters is 1. The standard InChI is InChI=1S/C26H32BrN3O10S/c1-3-11-29(12-4-2)41(37,38)19-7-5-17(6-8-19)24(34)39-16-20(32)26(36)13-22(40-21(26)15-31)30-14-18(9-10-27)23(33)28-25(30)35/h5-10,14,21-22,31,36H,3-4,11-13,15-16H2,1-2H3,(H,28,33,35)/b10-9+/t21-,22-,26-/m1/s1. The van der Waals surface area contributed by atoms with Gasteiger partial charge in [0.25, 0.3) is 5.56 Å². The maximum absolute atomic E-state index is 13.0. The summed E-state index contributed by atoms with van der Waals surface area (Å²) in [6.45, 7) is 2.78. The van der Waals surface area contributed by atoms with Crippen LogP contribution >= 0.6 is 15.9 Å². The van der Waals surface area contributed by atoms with Gasteiger partial charge < -0.3 is 19.7 Å². The van der Waals surface area contributed by atoms with E-state index in [0.29, 0.717) is 25.9 Å². The summed E-state index contributed by atoms with van der Waals surface area (Å²) in [5.41, 5.74) is -3.77. The van der Waals surface area contributed by atoms with E-state index in [-0.39, 0.29) is 16.0 Å². The van der Waals surface area contributed by atoms with Gasteiger partial charge in [0.1, 0.15) is 12.3 Å². The number of hydrogen-bond donors (Lipinski definition) is 3. The van der Waals surface area contributed by atoms with Crippen molar-refractivity contribution in [3.63, 3.8) is 0 Å². The van der Waals surface area contributed by atoms with Crippen LogP contribution in [0.25, 0.3) is 6.08 Å². The van der Waals surface area contributed by atoms with Gasteiger partial charge in [-0.1, -0.05) is 29.8 Å². The molecule has 2 heterocycles. The number of benzene rings is 1. The van der Waals surface area contributed by atoms with E-state index >= 15 is 0 Å². The van der Waals surface area contributed by atoms with Crippen molar-refractivity contribution < 1.29 is 37.7 Å². The van der Waals surface area contributed by atoms with Crippen molar-refractivity contribution in [1.82, 2.24) is 13.9 Å². The molecular weight excluding hydrogens is 626 g/mol. The number of carbonyl (C=O) groups excluding carboxylic acids is 2. The fraction of sp³-hybridized carbons (Fsp3) is 0.462. The number of aromatic nitrogens is 2. The Labute approximate surface area is 244 Å². The van der Waals surface area contributed by atoms with E-state index in [1.54, 1.807) is 0 Å². The summed E-state index contributed by atoms with van der Waals surface area (Å²) in [7, 11) is -3.75. The molecule has 0 radical (unpaired) electrons. The monoisotopic (exact) mass is 657 g/mol.